The van der Waals surface area contributed by atoms with Gasteiger partial charge in [0.1, 0.15) is 0 Å². The maximum absolute atomic E-state index is 11.9. The smallest absolute Gasteiger partial charge is 0.342 e. The first-order valence-corrected chi connectivity index (χ1v) is 5.78. The molecule has 1 amide bonds. The van der Waals surface area contributed by atoms with Gasteiger partial charge < -0.3 is 4.90 Å². The Morgan fingerprint density at radius 2 is 2.13 bits per heavy atom. The van der Waals surface area contributed by atoms with E-state index in [1.54, 1.807) is 0 Å². The molecule has 1 aliphatic rings. The average Bonchev–Trinajstić information content (AvgIpc) is 2.13. The second-order valence-corrected chi connectivity index (χ2v) is 4.99. The number of likely N-dealkylation sites (tertiary alicyclic amines) is 1. The van der Waals surface area contributed by atoms with Crippen LogP contribution in [0.3, 0.4) is 0 Å². The Labute approximate surface area is 94.9 Å². The first kappa shape index (κ1) is 12.8. The normalized spacial score (nSPS) is 22.9. The number of carbonyl (C=O) groups excluding carboxylic acids is 1. The van der Waals surface area contributed by atoms with Crippen molar-refractivity contribution >= 4 is 21.8 Å². The van der Waals surface area contributed by atoms with Crippen LogP contribution in [0, 0.1) is 0 Å². The standard InChI is InChI=1S/C9H13BrF3NO/c10-7-2-1-5-14(6-7)8(15)3-4-9(11,12)13/h7H,1-6H2. The average molecular weight is 288 g/mol. The van der Waals surface area contributed by atoms with Gasteiger partial charge in [0.05, 0.1) is 6.42 Å². The van der Waals surface area contributed by atoms with E-state index in [-0.39, 0.29) is 4.83 Å². The molecule has 0 N–H and O–H groups in total. The highest BCUT2D eigenvalue weighted by molar-refractivity contribution is 9.09. The number of piperidine rings is 1. The number of amides is 1. The van der Waals surface area contributed by atoms with Crippen LogP contribution in [0.1, 0.15) is 25.7 Å². The fraction of sp³-hybridized carbons (Fsp3) is 0.889. The fourth-order valence-corrected chi connectivity index (χ4v) is 2.23. The van der Waals surface area contributed by atoms with E-state index >= 15 is 0 Å². The minimum Gasteiger partial charge on any atom is -0.342 e. The SMILES string of the molecule is O=C(CCC(F)(F)F)N1CCCC(Br)C1. The Kier molecular flexibility index (Phi) is 4.43. The number of hydrogen-bond donors (Lipinski definition) is 0. The lowest BCUT2D eigenvalue weighted by Crippen LogP contribution is -2.40. The van der Waals surface area contributed by atoms with E-state index in [9.17, 15) is 18.0 Å². The van der Waals surface area contributed by atoms with Crippen molar-refractivity contribution in [1.29, 1.82) is 0 Å². The summed E-state index contributed by atoms with van der Waals surface area (Å²) in [6.07, 6.45) is -3.85. The summed E-state index contributed by atoms with van der Waals surface area (Å²) in [4.78, 5) is 13.1. The molecule has 1 aliphatic heterocycles. The molecule has 1 atom stereocenters. The molecule has 2 nitrogen and oxygen atoms in total. The Bertz CT molecular complexity index is 232. The van der Waals surface area contributed by atoms with Gasteiger partial charge in [0.2, 0.25) is 5.91 Å². The summed E-state index contributed by atoms with van der Waals surface area (Å²) in [6.45, 7) is 1.11. The van der Waals surface area contributed by atoms with Crippen LogP contribution in [0.5, 0.6) is 0 Å². The summed E-state index contributed by atoms with van der Waals surface area (Å²) in [6, 6.07) is 0. The molecule has 88 valence electrons. The van der Waals surface area contributed by atoms with Crippen molar-refractivity contribution in [1.82, 2.24) is 4.90 Å². The van der Waals surface area contributed by atoms with Gasteiger partial charge in [-0.15, -0.1) is 0 Å². The number of nitrogens with zero attached hydrogens (tertiary/aromatic N) is 1. The maximum atomic E-state index is 11.9. The van der Waals surface area contributed by atoms with Gasteiger partial charge in [-0.2, -0.15) is 13.2 Å². The van der Waals surface area contributed by atoms with Crippen LogP contribution in [0.25, 0.3) is 0 Å². The molecule has 0 aromatic rings. The number of hydrogen-bond acceptors (Lipinski definition) is 1. The lowest BCUT2D eigenvalue weighted by molar-refractivity contribution is -0.149. The summed E-state index contributed by atoms with van der Waals surface area (Å²) in [5.74, 6) is -0.392. The highest BCUT2D eigenvalue weighted by Gasteiger charge is 2.30. The second kappa shape index (κ2) is 5.18. The quantitative estimate of drug-likeness (QED) is 0.715. The summed E-state index contributed by atoms with van der Waals surface area (Å²) in [5, 5.41) is 0. The minimum absolute atomic E-state index is 0.223. The minimum atomic E-state index is -4.24. The molecule has 0 radical (unpaired) electrons. The lowest BCUT2D eigenvalue weighted by Gasteiger charge is -2.30. The van der Waals surface area contributed by atoms with Gasteiger partial charge in [0, 0.05) is 24.3 Å². The monoisotopic (exact) mass is 287 g/mol. The summed E-state index contributed by atoms with van der Waals surface area (Å²) in [7, 11) is 0. The molecule has 1 saturated heterocycles. The van der Waals surface area contributed by atoms with Crippen molar-refractivity contribution in [3.8, 4) is 0 Å². The lowest BCUT2D eigenvalue weighted by atomic mass is 10.1. The van der Waals surface area contributed by atoms with Crippen LogP contribution in [0.2, 0.25) is 0 Å². The Balaban J connectivity index is 2.33. The zero-order chi connectivity index (χ0) is 11.5. The number of alkyl halides is 4. The van der Waals surface area contributed by atoms with Gasteiger partial charge in [0.15, 0.2) is 0 Å². The van der Waals surface area contributed by atoms with Gasteiger partial charge in [-0.1, -0.05) is 15.9 Å². The van der Waals surface area contributed by atoms with Crippen molar-refractivity contribution in [2.24, 2.45) is 0 Å². The third-order valence-electron chi connectivity index (χ3n) is 2.34. The van der Waals surface area contributed by atoms with Crippen molar-refractivity contribution < 1.29 is 18.0 Å². The van der Waals surface area contributed by atoms with Gasteiger partial charge in [-0.3, -0.25) is 4.79 Å². The third-order valence-corrected chi connectivity index (χ3v) is 3.09. The third kappa shape index (κ3) is 4.86. The van der Waals surface area contributed by atoms with Crippen molar-refractivity contribution in [3.63, 3.8) is 0 Å². The molecule has 0 saturated carbocycles. The van der Waals surface area contributed by atoms with Crippen LogP contribution >= 0.6 is 15.9 Å². The second-order valence-electron chi connectivity index (χ2n) is 3.69. The molecule has 0 aromatic carbocycles. The summed E-state index contributed by atoms with van der Waals surface area (Å²) in [5.41, 5.74) is 0. The van der Waals surface area contributed by atoms with E-state index in [1.165, 1.54) is 4.90 Å². The van der Waals surface area contributed by atoms with Crippen molar-refractivity contribution in [2.45, 2.75) is 36.7 Å². The first-order valence-electron chi connectivity index (χ1n) is 4.87. The van der Waals surface area contributed by atoms with Crippen LogP contribution in [-0.2, 0) is 4.79 Å². The molecule has 6 heteroatoms. The molecule has 1 unspecified atom stereocenters. The number of halogens is 4. The predicted octanol–water partition coefficient (Wildman–Crippen LogP) is 2.71. The van der Waals surface area contributed by atoms with E-state index in [4.69, 9.17) is 0 Å². The molecule has 15 heavy (non-hydrogen) atoms. The van der Waals surface area contributed by atoms with Crippen molar-refractivity contribution in [3.05, 3.63) is 0 Å². The molecule has 1 heterocycles. The highest BCUT2D eigenvalue weighted by atomic mass is 79.9. The highest BCUT2D eigenvalue weighted by Crippen LogP contribution is 2.23. The zero-order valence-corrected chi connectivity index (χ0v) is 9.77. The molecular formula is C9H13BrF3NO. The van der Waals surface area contributed by atoms with Crippen LogP contribution < -0.4 is 0 Å². The molecule has 0 aromatic heterocycles. The molecule has 0 aliphatic carbocycles. The van der Waals surface area contributed by atoms with E-state index in [0.29, 0.717) is 13.1 Å². The van der Waals surface area contributed by atoms with Gasteiger partial charge in [0.25, 0.3) is 0 Å². The van der Waals surface area contributed by atoms with Gasteiger partial charge in [-0.25, -0.2) is 0 Å². The number of rotatable bonds is 2. The van der Waals surface area contributed by atoms with E-state index in [1.807, 2.05) is 0 Å². The number of carbonyl (C=O) groups is 1. The van der Waals surface area contributed by atoms with E-state index in [2.05, 4.69) is 15.9 Å². The predicted molar refractivity (Wildman–Crippen MR) is 53.8 cm³/mol. The fourth-order valence-electron chi connectivity index (χ4n) is 1.56. The Morgan fingerprint density at radius 1 is 1.47 bits per heavy atom. The summed E-state index contributed by atoms with van der Waals surface area (Å²) < 4.78 is 35.6. The van der Waals surface area contributed by atoms with E-state index < -0.39 is 24.9 Å². The molecule has 0 spiro atoms. The van der Waals surface area contributed by atoms with Crippen LogP contribution in [0.4, 0.5) is 13.2 Å². The topological polar surface area (TPSA) is 20.3 Å². The van der Waals surface area contributed by atoms with Gasteiger partial charge >= 0.3 is 6.18 Å². The summed E-state index contributed by atoms with van der Waals surface area (Å²) >= 11 is 3.37. The Morgan fingerprint density at radius 3 is 2.67 bits per heavy atom. The first-order chi connectivity index (χ1) is 6.88. The molecule has 1 fully saturated rings. The van der Waals surface area contributed by atoms with Gasteiger partial charge in [-0.05, 0) is 12.8 Å². The largest absolute Gasteiger partial charge is 0.389 e. The zero-order valence-electron chi connectivity index (χ0n) is 8.19. The molecular weight excluding hydrogens is 275 g/mol. The van der Waals surface area contributed by atoms with E-state index in [0.717, 1.165) is 12.8 Å². The van der Waals surface area contributed by atoms with Crippen LogP contribution in [-0.4, -0.2) is 34.9 Å². The van der Waals surface area contributed by atoms with Crippen LogP contribution in [0.15, 0.2) is 0 Å². The molecule has 1 rings (SSSR count). The Hall–Kier alpha value is -0.260. The van der Waals surface area contributed by atoms with Crippen molar-refractivity contribution in [2.75, 3.05) is 13.1 Å². The molecule has 0 bridgehead atoms. The maximum Gasteiger partial charge on any atom is 0.389 e.